The molecular formula is C21H27N3O2. The van der Waals surface area contributed by atoms with E-state index in [2.05, 4.69) is 52.6 Å². The van der Waals surface area contributed by atoms with Gasteiger partial charge in [0, 0.05) is 35.7 Å². The molecule has 2 aromatic rings. The summed E-state index contributed by atoms with van der Waals surface area (Å²) in [6.45, 7) is 5.70. The zero-order valence-corrected chi connectivity index (χ0v) is 15.5. The second kappa shape index (κ2) is 6.89. The summed E-state index contributed by atoms with van der Waals surface area (Å²) >= 11 is 0. The summed E-state index contributed by atoms with van der Waals surface area (Å²) in [5.74, 6) is -0.178. The summed E-state index contributed by atoms with van der Waals surface area (Å²) in [6.07, 6.45) is 6.36. The fraction of sp³-hybridized carbons (Fsp3) is 0.476. The van der Waals surface area contributed by atoms with Crippen molar-refractivity contribution in [3.05, 3.63) is 41.6 Å². The molecule has 1 aromatic carbocycles. The van der Waals surface area contributed by atoms with Crippen LogP contribution < -0.4 is 5.32 Å². The average molecular weight is 353 g/mol. The van der Waals surface area contributed by atoms with Gasteiger partial charge in [-0.1, -0.05) is 25.1 Å². The summed E-state index contributed by atoms with van der Waals surface area (Å²) in [4.78, 5) is 18.6. The van der Waals surface area contributed by atoms with Gasteiger partial charge in [-0.25, -0.2) is 0 Å². The maximum absolute atomic E-state index is 12.7. The standard InChI is InChI=1S/C21H27N3O2/c1-3-7-24-11-15(21(26)23-13(2)12-25)8-17-16-5-4-6-18-20(16)14(10-22-18)9-19(17)24/h4-6,8,10,13,15,19,22,25H,3,7,9,11-12H2,1-2H3,(H,23,26)/t13-,15-,19+/m0/s1. The van der Waals surface area contributed by atoms with Crippen LogP contribution in [0.1, 0.15) is 31.4 Å². The van der Waals surface area contributed by atoms with Crippen molar-refractivity contribution in [2.24, 2.45) is 5.92 Å². The van der Waals surface area contributed by atoms with Crippen LogP contribution in [0.2, 0.25) is 0 Å². The van der Waals surface area contributed by atoms with E-state index in [1.54, 1.807) is 0 Å². The molecule has 3 N–H and O–H groups in total. The molecule has 0 radical (unpaired) electrons. The van der Waals surface area contributed by atoms with Crippen LogP contribution in [0.25, 0.3) is 16.5 Å². The highest BCUT2D eigenvalue weighted by Crippen LogP contribution is 2.41. The number of H-pyrrole nitrogens is 1. The predicted octanol–water partition coefficient (Wildman–Crippen LogP) is 2.31. The van der Waals surface area contributed by atoms with Gasteiger partial charge in [0.25, 0.3) is 0 Å². The van der Waals surface area contributed by atoms with Gasteiger partial charge in [-0.05, 0) is 49.1 Å². The van der Waals surface area contributed by atoms with Crippen LogP contribution in [0.15, 0.2) is 30.5 Å². The predicted molar refractivity (Wildman–Crippen MR) is 104 cm³/mol. The van der Waals surface area contributed by atoms with Crippen LogP contribution in [-0.2, 0) is 11.2 Å². The van der Waals surface area contributed by atoms with Gasteiger partial charge >= 0.3 is 0 Å². The summed E-state index contributed by atoms with van der Waals surface area (Å²) in [6, 6.07) is 6.50. The third-order valence-electron chi connectivity index (χ3n) is 5.63. The lowest BCUT2D eigenvalue weighted by molar-refractivity contribution is -0.125. The Morgan fingerprint density at radius 3 is 3.08 bits per heavy atom. The van der Waals surface area contributed by atoms with Crippen molar-refractivity contribution in [2.45, 2.75) is 38.8 Å². The summed E-state index contributed by atoms with van der Waals surface area (Å²) in [5.41, 5.74) is 5.07. The fourth-order valence-electron chi connectivity index (χ4n) is 4.42. The van der Waals surface area contributed by atoms with Crippen LogP contribution in [0, 0.1) is 5.92 Å². The lowest BCUT2D eigenvalue weighted by Crippen LogP contribution is -2.50. The van der Waals surface area contributed by atoms with E-state index in [0.717, 1.165) is 25.9 Å². The van der Waals surface area contributed by atoms with E-state index < -0.39 is 0 Å². The van der Waals surface area contributed by atoms with E-state index in [9.17, 15) is 9.90 Å². The number of benzene rings is 1. The third-order valence-corrected chi connectivity index (χ3v) is 5.63. The molecular weight excluding hydrogens is 326 g/mol. The molecule has 0 unspecified atom stereocenters. The van der Waals surface area contributed by atoms with E-state index in [0.29, 0.717) is 6.04 Å². The first-order valence-corrected chi connectivity index (χ1v) is 9.58. The smallest absolute Gasteiger partial charge is 0.228 e. The van der Waals surface area contributed by atoms with Crippen molar-refractivity contribution < 1.29 is 9.90 Å². The number of aromatic nitrogens is 1. The summed E-state index contributed by atoms with van der Waals surface area (Å²) in [7, 11) is 0. The highest BCUT2D eigenvalue weighted by molar-refractivity contribution is 5.99. The Morgan fingerprint density at radius 2 is 2.31 bits per heavy atom. The highest BCUT2D eigenvalue weighted by atomic mass is 16.3. The van der Waals surface area contributed by atoms with Crippen LogP contribution in [0.3, 0.4) is 0 Å². The Hall–Kier alpha value is -2.11. The molecule has 0 saturated heterocycles. The molecule has 3 atom stereocenters. The Kier molecular flexibility index (Phi) is 4.59. The number of nitrogens with one attached hydrogen (secondary N) is 2. The molecule has 4 rings (SSSR count). The first-order valence-electron chi connectivity index (χ1n) is 9.58. The number of fused-ring (bicyclic) bond motifs is 2. The molecule has 0 bridgehead atoms. The van der Waals surface area contributed by atoms with Gasteiger partial charge in [0.1, 0.15) is 0 Å². The summed E-state index contributed by atoms with van der Waals surface area (Å²) in [5, 5.41) is 13.5. The van der Waals surface area contributed by atoms with Gasteiger partial charge in [0.2, 0.25) is 5.91 Å². The van der Waals surface area contributed by atoms with Crippen molar-refractivity contribution in [3.63, 3.8) is 0 Å². The number of aromatic amines is 1. The molecule has 1 amide bonds. The average Bonchev–Trinajstić information content (AvgIpc) is 3.06. The Labute approximate surface area is 154 Å². The monoisotopic (exact) mass is 353 g/mol. The fourth-order valence-corrected chi connectivity index (χ4v) is 4.42. The molecule has 5 nitrogen and oxygen atoms in total. The Balaban J connectivity index is 1.75. The van der Waals surface area contributed by atoms with Gasteiger partial charge in [-0.15, -0.1) is 0 Å². The number of hydrogen-bond acceptors (Lipinski definition) is 3. The van der Waals surface area contributed by atoms with E-state index in [4.69, 9.17) is 0 Å². The minimum atomic E-state index is -0.218. The van der Waals surface area contributed by atoms with Gasteiger partial charge in [-0.3, -0.25) is 9.69 Å². The number of hydrogen-bond donors (Lipinski definition) is 3. The minimum Gasteiger partial charge on any atom is -0.394 e. The molecule has 1 aliphatic heterocycles. The Bertz CT molecular complexity index is 854. The Morgan fingerprint density at radius 1 is 1.46 bits per heavy atom. The zero-order chi connectivity index (χ0) is 18.3. The second-order valence-corrected chi connectivity index (χ2v) is 7.58. The summed E-state index contributed by atoms with van der Waals surface area (Å²) < 4.78 is 0. The van der Waals surface area contributed by atoms with Crippen molar-refractivity contribution in [2.75, 3.05) is 19.7 Å². The first-order chi connectivity index (χ1) is 12.6. The van der Waals surface area contributed by atoms with E-state index in [1.165, 1.54) is 27.6 Å². The molecule has 1 aliphatic carbocycles. The minimum absolute atomic E-state index is 0.00523. The number of amides is 1. The van der Waals surface area contributed by atoms with Crippen LogP contribution in [0.5, 0.6) is 0 Å². The molecule has 2 heterocycles. The quantitative estimate of drug-likeness (QED) is 0.773. The molecule has 138 valence electrons. The number of carbonyl (C=O) groups is 1. The second-order valence-electron chi connectivity index (χ2n) is 7.58. The molecule has 5 heteroatoms. The molecule has 2 aliphatic rings. The number of carbonyl (C=O) groups excluding carboxylic acids is 1. The van der Waals surface area contributed by atoms with Gasteiger partial charge in [-0.2, -0.15) is 0 Å². The van der Waals surface area contributed by atoms with E-state index >= 15 is 0 Å². The number of aliphatic hydroxyl groups is 1. The van der Waals surface area contributed by atoms with Crippen molar-refractivity contribution in [3.8, 4) is 0 Å². The van der Waals surface area contributed by atoms with Gasteiger partial charge in [0.05, 0.1) is 12.5 Å². The largest absolute Gasteiger partial charge is 0.394 e. The number of aliphatic hydroxyl groups excluding tert-OH is 1. The van der Waals surface area contributed by atoms with E-state index in [1.807, 2.05) is 6.92 Å². The molecule has 0 saturated carbocycles. The maximum atomic E-state index is 12.7. The third kappa shape index (κ3) is 2.85. The zero-order valence-electron chi connectivity index (χ0n) is 15.5. The van der Waals surface area contributed by atoms with Crippen LogP contribution in [0.4, 0.5) is 0 Å². The number of nitrogens with zero attached hydrogens (tertiary/aromatic N) is 1. The molecule has 0 fully saturated rings. The van der Waals surface area contributed by atoms with E-state index in [-0.39, 0.29) is 24.5 Å². The number of rotatable bonds is 5. The van der Waals surface area contributed by atoms with Crippen LogP contribution in [-0.4, -0.2) is 52.7 Å². The van der Waals surface area contributed by atoms with Crippen LogP contribution >= 0.6 is 0 Å². The molecule has 0 spiro atoms. The topological polar surface area (TPSA) is 68.4 Å². The molecule has 1 aromatic heterocycles. The van der Waals surface area contributed by atoms with Crippen molar-refractivity contribution in [1.82, 2.24) is 15.2 Å². The first kappa shape index (κ1) is 17.3. The SMILES string of the molecule is CCCN1C[C@@H](C(=O)N[C@@H](C)CO)C=C2c3cccc4[nH]cc(c34)C[C@H]21. The van der Waals surface area contributed by atoms with Gasteiger partial charge in [0.15, 0.2) is 0 Å². The van der Waals surface area contributed by atoms with Crippen molar-refractivity contribution in [1.29, 1.82) is 0 Å². The highest BCUT2D eigenvalue weighted by Gasteiger charge is 2.36. The van der Waals surface area contributed by atoms with Gasteiger partial charge < -0.3 is 15.4 Å². The molecule has 26 heavy (non-hydrogen) atoms. The maximum Gasteiger partial charge on any atom is 0.228 e. The van der Waals surface area contributed by atoms with Crippen molar-refractivity contribution >= 4 is 22.4 Å². The lowest BCUT2D eigenvalue weighted by Gasteiger charge is -2.41. The normalized spacial score (nSPS) is 23.4. The lowest BCUT2D eigenvalue weighted by atomic mass is 9.79.